The number of nitrogens with zero attached hydrogens (tertiary/aromatic N) is 2. The molecular weight excluding hydrogens is 280 g/mol. The third-order valence-electron chi connectivity index (χ3n) is 2.28. The molecule has 0 saturated carbocycles. The van der Waals surface area contributed by atoms with Crippen molar-refractivity contribution in [1.29, 1.82) is 5.26 Å². The molecule has 3 nitrogen and oxygen atoms in total. The number of aromatic nitrogens is 1. The van der Waals surface area contributed by atoms with Gasteiger partial charge in [0, 0.05) is 11.9 Å². The number of halogens is 1. The highest BCUT2D eigenvalue weighted by atomic mass is 35.5. The molecule has 0 amide bonds. The van der Waals surface area contributed by atoms with Crippen LogP contribution in [-0.2, 0) is 0 Å². The summed E-state index contributed by atoms with van der Waals surface area (Å²) in [4.78, 5) is 4.18. The number of pyridine rings is 1. The van der Waals surface area contributed by atoms with Crippen molar-refractivity contribution in [3.63, 3.8) is 0 Å². The van der Waals surface area contributed by atoms with Gasteiger partial charge in [-0.25, -0.2) is 4.98 Å². The Balaban J connectivity index is 1.81. The fraction of sp³-hybridized carbons (Fsp3) is 0.143. The standard InChI is InChI=1S/C14H11ClN2OS/c15-13-5-2-6-17-14(13)19-8-7-18-12-4-1-3-11(9-12)10-16/h1-6,9H,7-8H2. The van der Waals surface area contributed by atoms with Crippen LogP contribution in [0.25, 0.3) is 0 Å². The summed E-state index contributed by atoms with van der Waals surface area (Å²) in [7, 11) is 0. The number of ether oxygens (including phenoxy) is 1. The van der Waals surface area contributed by atoms with E-state index in [1.165, 1.54) is 0 Å². The van der Waals surface area contributed by atoms with Crippen molar-refractivity contribution in [3.8, 4) is 11.8 Å². The second-order valence-electron chi connectivity index (χ2n) is 3.63. The Kier molecular flexibility index (Phi) is 5.08. The van der Waals surface area contributed by atoms with E-state index in [9.17, 15) is 0 Å². The number of benzene rings is 1. The molecule has 0 radical (unpaired) electrons. The molecule has 0 aliphatic heterocycles. The lowest BCUT2D eigenvalue weighted by Gasteiger charge is -2.06. The first-order valence-electron chi connectivity index (χ1n) is 5.66. The van der Waals surface area contributed by atoms with Crippen molar-refractivity contribution in [1.82, 2.24) is 4.98 Å². The Morgan fingerprint density at radius 2 is 2.21 bits per heavy atom. The van der Waals surface area contributed by atoms with Gasteiger partial charge in [-0.15, -0.1) is 11.8 Å². The van der Waals surface area contributed by atoms with E-state index in [2.05, 4.69) is 11.1 Å². The maximum Gasteiger partial charge on any atom is 0.120 e. The lowest BCUT2D eigenvalue weighted by Crippen LogP contribution is -2.00. The zero-order valence-corrected chi connectivity index (χ0v) is 11.6. The molecule has 2 aromatic rings. The van der Waals surface area contributed by atoms with Crippen molar-refractivity contribution in [2.45, 2.75) is 5.03 Å². The predicted molar refractivity (Wildman–Crippen MR) is 76.6 cm³/mol. The second-order valence-corrected chi connectivity index (χ2v) is 5.12. The predicted octanol–water partition coefficient (Wildman–Crippen LogP) is 3.78. The lowest BCUT2D eigenvalue weighted by molar-refractivity contribution is 0.344. The molecule has 1 heterocycles. The first-order valence-corrected chi connectivity index (χ1v) is 7.02. The quantitative estimate of drug-likeness (QED) is 0.621. The van der Waals surface area contributed by atoms with E-state index < -0.39 is 0 Å². The minimum atomic E-state index is 0.534. The van der Waals surface area contributed by atoms with Crippen LogP contribution in [0.2, 0.25) is 5.02 Å². The third-order valence-corrected chi connectivity index (χ3v) is 3.67. The number of hydrogen-bond donors (Lipinski definition) is 0. The molecule has 19 heavy (non-hydrogen) atoms. The van der Waals surface area contributed by atoms with E-state index in [1.54, 1.807) is 42.2 Å². The van der Waals surface area contributed by atoms with Gasteiger partial charge in [0.2, 0.25) is 0 Å². The Morgan fingerprint density at radius 3 is 3.00 bits per heavy atom. The van der Waals surface area contributed by atoms with Gasteiger partial charge in [-0.1, -0.05) is 17.7 Å². The molecule has 0 atom stereocenters. The molecule has 0 aliphatic rings. The van der Waals surface area contributed by atoms with E-state index in [0.717, 1.165) is 10.8 Å². The summed E-state index contributed by atoms with van der Waals surface area (Å²) in [6.45, 7) is 0.534. The van der Waals surface area contributed by atoms with Crippen LogP contribution in [0.4, 0.5) is 0 Å². The summed E-state index contributed by atoms with van der Waals surface area (Å²) >= 11 is 7.54. The van der Waals surface area contributed by atoms with Crippen LogP contribution < -0.4 is 4.74 Å². The SMILES string of the molecule is N#Cc1cccc(OCCSc2ncccc2Cl)c1. The van der Waals surface area contributed by atoms with E-state index in [-0.39, 0.29) is 0 Å². The summed E-state index contributed by atoms with van der Waals surface area (Å²) in [5.74, 6) is 1.44. The fourth-order valence-electron chi connectivity index (χ4n) is 1.43. The normalized spacial score (nSPS) is 9.89. The minimum absolute atomic E-state index is 0.534. The van der Waals surface area contributed by atoms with Gasteiger partial charge in [-0.3, -0.25) is 0 Å². The molecular formula is C14H11ClN2OS. The molecule has 0 saturated heterocycles. The Labute approximate surface area is 121 Å². The van der Waals surface area contributed by atoms with Gasteiger partial charge in [0.15, 0.2) is 0 Å². The summed E-state index contributed by atoms with van der Waals surface area (Å²) in [6.07, 6.45) is 1.71. The average Bonchev–Trinajstić information content (AvgIpc) is 2.45. The lowest BCUT2D eigenvalue weighted by atomic mass is 10.2. The van der Waals surface area contributed by atoms with Crippen molar-refractivity contribution in [2.75, 3.05) is 12.4 Å². The Hall–Kier alpha value is -1.70. The van der Waals surface area contributed by atoms with Gasteiger partial charge in [0.05, 0.1) is 23.3 Å². The minimum Gasteiger partial charge on any atom is -0.493 e. The molecule has 0 bridgehead atoms. The van der Waals surface area contributed by atoms with Gasteiger partial charge >= 0.3 is 0 Å². The van der Waals surface area contributed by atoms with E-state index in [1.807, 2.05) is 12.1 Å². The molecule has 96 valence electrons. The van der Waals surface area contributed by atoms with Crippen molar-refractivity contribution < 1.29 is 4.74 Å². The summed E-state index contributed by atoms with van der Waals surface area (Å²) in [5, 5.41) is 10.2. The first-order chi connectivity index (χ1) is 9.29. The van der Waals surface area contributed by atoms with E-state index in [4.69, 9.17) is 21.6 Å². The molecule has 0 fully saturated rings. The molecule has 0 N–H and O–H groups in total. The fourth-order valence-corrected chi connectivity index (χ4v) is 2.42. The van der Waals surface area contributed by atoms with Crippen LogP contribution in [0.5, 0.6) is 5.75 Å². The monoisotopic (exact) mass is 290 g/mol. The Bertz CT molecular complexity index is 598. The molecule has 5 heteroatoms. The Morgan fingerprint density at radius 1 is 1.32 bits per heavy atom. The maximum absolute atomic E-state index is 8.78. The van der Waals surface area contributed by atoms with Crippen molar-refractivity contribution >= 4 is 23.4 Å². The van der Waals surface area contributed by atoms with Crippen LogP contribution >= 0.6 is 23.4 Å². The van der Waals surface area contributed by atoms with Crippen LogP contribution in [0, 0.1) is 11.3 Å². The third kappa shape index (κ3) is 4.16. The molecule has 1 aromatic heterocycles. The van der Waals surface area contributed by atoms with Gasteiger partial charge < -0.3 is 4.74 Å². The van der Waals surface area contributed by atoms with Gasteiger partial charge in [0.1, 0.15) is 10.8 Å². The maximum atomic E-state index is 8.78. The van der Waals surface area contributed by atoms with E-state index >= 15 is 0 Å². The van der Waals surface area contributed by atoms with Crippen LogP contribution in [0.1, 0.15) is 5.56 Å². The molecule has 0 unspecified atom stereocenters. The van der Waals surface area contributed by atoms with Crippen molar-refractivity contribution in [3.05, 3.63) is 53.2 Å². The molecule has 0 spiro atoms. The van der Waals surface area contributed by atoms with Crippen LogP contribution in [-0.4, -0.2) is 17.3 Å². The highest BCUT2D eigenvalue weighted by Crippen LogP contribution is 2.24. The largest absolute Gasteiger partial charge is 0.493 e. The molecule has 1 aromatic carbocycles. The number of rotatable bonds is 5. The topological polar surface area (TPSA) is 45.9 Å². The van der Waals surface area contributed by atoms with Gasteiger partial charge in [-0.2, -0.15) is 5.26 Å². The number of nitriles is 1. The highest BCUT2D eigenvalue weighted by Gasteiger charge is 2.01. The number of hydrogen-bond acceptors (Lipinski definition) is 4. The summed E-state index contributed by atoms with van der Waals surface area (Å²) in [6, 6.07) is 12.8. The molecule has 2 rings (SSSR count). The van der Waals surface area contributed by atoms with E-state index in [0.29, 0.717) is 22.9 Å². The van der Waals surface area contributed by atoms with Gasteiger partial charge in [-0.05, 0) is 30.3 Å². The summed E-state index contributed by atoms with van der Waals surface area (Å²) < 4.78 is 5.57. The molecule has 0 aliphatic carbocycles. The highest BCUT2D eigenvalue weighted by molar-refractivity contribution is 7.99. The average molecular weight is 291 g/mol. The summed E-state index contributed by atoms with van der Waals surface area (Å²) in [5.41, 5.74) is 0.595. The van der Waals surface area contributed by atoms with Crippen LogP contribution in [0.15, 0.2) is 47.6 Å². The first kappa shape index (κ1) is 13.7. The van der Waals surface area contributed by atoms with Crippen molar-refractivity contribution in [2.24, 2.45) is 0 Å². The van der Waals surface area contributed by atoms with Crippen LogP contribution in [0.3, 0.4) is 0 Å². The second kappa shape index (κ2) is 7.03. The zero-order chi connectivity index (χ0) is 13.5. The smallest absolute Gasteiger partial charge is 0.120 e. The number of thioether (sulfide) groups is 1. The zero-order valence-electron chi connectivity index (χ0n) is 10.0. The van der Waals surface area contributed by atoms with Gasteiger partial charge in [0.25, 0.3) is 0 Å².